The van der Waals surface area contributed by atoms with Gasteiger partial charge in [-0.3, -0.25) is 0 Å². The molecule has 0 unspecified atom stereocenters. The van der Waals surface area contributed by atoms with Gasteiger partial charge in [0.2, 0.25) is 0 Å². The van der Waals surface area contributed by atoms with Crippen LogP contribution in [0.1, 0.15) is 5.56 Å². The summed E-state index contributed by atoms with van der Waals surface area (Å²) in [6, 6.07) is 4.13. The van der Waals surface area contributed by atoms with Gasteiger partial charge in [0.05, 0.1) is 19.8 Å². The van der Waals surface area contributed by atoms with Crippen molar-refractivity contribution in [3.05, 3.63) is 52.5 Å². The highest BCUT2D eigenvalue weighted by atomic mass is 35.5. The summed E-state index contributed by atoms with van der Waals surface area (Å²) in [6.45, 7) is 0.304. The fourth-order valence-corrected chi connectivity index (χ4v) is 1.48. The third-order valence-corrected chi connectivity index (χ3v) is 2.46. The quantitative estimate of drug-likeness (QED) is 0.548. The molecule has 1 aromatic carbocycles. The lowest BCUT2D eigenvalue weighted by Crippen LogP contribution is -2.09. The SMILES string of the molecule is N/C(=C\C=C(/N)c1cc(Cl)ccc1F)COCCO. The van der Waals surface area contributed by atoms with Gasteiger partial charge in [-0.2, -0.15) is 0 Å². The zero-order valence-electron chi connectivity index (χ0n) is 10.3. The van der Waals surface area contributed by atoms with Crippen molar-refractivity contribution in [3.8, 4) is 0 Å². The van der Waals surface area contributed by atoms with Crippen LogP contribution in [-0.4, -0.2) is 24.9 Å². The molecule has 0 heterocycles. The third-order valence-electron chi connectivity index (χ3n) is 2.22. The molecule has 6 heteroatoms. The van der Waals surface area contributed by atoms with E-state index in [0.29, 0.717) is 10.7 Å². The predicted molar refractivity (Wildman–Crippen MR) is 73.7 cm³/mol. The Kier molecular flexibility index (Phi) is 6.35. The van der Waals surface area contributed by atoms with Gasteiger partial charge < -0.3 is 21.3 Å². The summed E-state index contributed by atoms with van der Waals surface area (Å²) in [4.78, 5) is 0. The van der Waals surface area contributed by atoms with Crippen molar-refractivity contribution in [3.63, 3.8) is 0 Å². The molecule has 0 amide bonds. The topological polar surface area (TPSA) is 81.5 Å². The normalized spacial score (nSPS) is 12.8. The van der Waals surface area contributed by atoms with E-state index >= 15 is 0 Å². The van der Waals surface area contributed by atoms with Crippen molar-refractivity contribution < 1.29 is 14.2 Å². The summed E-state index contributed by atoms with van der Waals surface area (Å²) in [6.07, 6.45) is 3.00. The minimum Gasteiger partial charge on any atom is -0.400 e. The first-order chi connectivity index (χ1) is 9.04. The Bertz CT molecular complexity index is 490. The van der Waals surface area contributed by atoms with Crippen molar-refractivity contribution in [2.45, 2.75) is 0 Å². The predicted octanol–water partition coefficient (Wildman–Crippen LogP) is 1.63. The van der Waals surface area contributed by atoms with E-state index in [1.54, 1.807) is 0 Å². The molecular formula is C13H16ClFN2O2. The van der Waals surface area contributed by atoms with Gasteiger partial charge in [0, 0.05) is 22.0 Å². The average Bonchev–Trinajstić information content (AvgIpc) is 2.39. The van der Waals surface area contributed by atoms with E-state index in [1.165, 1.54) is 30.4 Å². The Morgan fingerprint density at radius 2 is 2.11 bits per heavy atom. The summed E-state index contributed by atoms with van der Waals surface area (Å²) in [7, 11) is 0. The molecule has 0 bridgehead atoms. The maximum Gasteiger partial charge on any atom is 0.132 e. The maximum atomic E-state index is 13.5. The number of aliphatic hydroxyl groups excluding tert-OH is 1. The number of hydrogen-bond donors (Lipinski definition) is 3. The van der Waals surface area contributed by atoms with Gasteiger partial charge in [0.25, 0.3) is 0 Å². The number of ether oxygens (including phenoxy) is 1. The molecule has 104 valence electrons. The van der Waals surface area contributed by atoms with Crippen LogP contribution in [0.2, 0.25) is 5.02 Å². The lowest BCUT2D eigenvalue weighted by atomic mass is 10.1. The number of halogens is 2. The zero-order valence-corrected chi connectivity index (χ0v) is 11.0. The fourth-order valence-electron chi connectivity index (χ4n) is 1.31. The summed E-state index contributed by atoms with van der Waals surface area (Å²) in [5, 5.41) is 8.93. The second-order valence-corrected chi connectivity index (χ2v) is 4.20. The molecule has 0 aliphatic heterocycles. The van der Waals surface area contributed by atoms with Crippen molar-refractivity contribution in [1.82, 2.24) is 0 Å². The highest BCUT2D eigenvalue weighted by molar-refractivity contribution is 6.30. The Morgan fingerprint density at radius 3 is 2.79 bits per heavy atom. The van der Waals surface area contributed by atoms with Gasteiger partial charge >= 0.3 is 0 Å². The molecule has 1 aromatic rings. The molecule has 0 aliphatic rings. The van der Waals surface area contributed by atoms with Crippen LogP contribution in [0, 0.1) is 5.82 Å². The van der Waals surface area contributed by atoms with E-state index in [0.717, 1.165) is 0 Å². The molecule has 0 atom stereocenters. The highest BCUT2D eigenvalue weighted by Crippen LogP contribution is 2.19. The molecule has 0 fully saturated rings. The maximum absolute atomic E-state index is 13.5. The molecule has 0 saturated carbocycles. The van der Waals surface area contributed by atoms with Gasteiger partial charge in [0.1, 0.15) is 5.82 Å². The first-order valence-corrected chi connectivity index (χ1v) is 5.98. The average molecular weight is 287 g/mol. The van der Waals surface area contributed by atoms with Gasteiger partial charge in [-0.15, -0.1) is 0 Å². The van der Waals surface area contributed by atoms with Gasteiger partial charge in [-0.25, -0.2) is 4.39 Å². The molecular weight excluding hydrogens is 271 g/mol. The molecule has 0 saturated heterocycles. The number of nitrogens with two attached hydrogens (primary N) is 2. The Labute approximate surface area is 116 Å². The van der Waals surface area contributed by atoms with E-state index in [-0.39, 0.29) is 31.1 Å². The molecule has 0 aromatic heterocycles. The number of aliphatic hydroxyl groups is 1. The van der Waals surface area contributed by atoms with E-state index in [1.807, 2.05) is 0 Å². The van der Waals surface area contributed by atoms with E-state index in [2.05, 4.69) is 0 Å². The number of benzene rings is 1. The molecule has 0 spiro atoms. The van der Waals surface area contributed by atoms with Crippen LogP contribution >= 0.6 is 11.6 Å². The second-order valence-electron chi connectivity index (χ2n) is 3.76. The van der Waals surface area contributed by atoms with Crippen molar-refractivity contribution in [1.29, 1.82) is 0 Å². The summed E-state index contributed by atoms with van der Waals surface area (Å²) < 4.78 is 18.5. The minimum atomic E-state index is -0.457. The van der Waals surface area contributed by atoms with Crippen molar-refractivity contribution in [2.24, 2.45) is 11.5 Å². The molecule has 4 nitrogen and oxygen atoms in total. The Morgan fingerprint density at radius 1 is 1.37 bits per heavy atom. The van der Waals surface area contributed by atoms with Crippen molar-refractivity contribution >= 4 is 17.3 Å². The second kappa shape index (κ2) is 7.78. The van der Waals surface area contributed by atoms with E-state index in [4.69, 9.17) is 32.9 Å². The molecule has 19 heavy (non-hydrogen) atoms. The largest absolute Gasteiger partial charge is 0.400 e. The minimum absolute atomic E-state index is 0.0705. The Balaban J connectivity index is 2.75. The van der Waals surface area contributed by atoms with Crippen LogP contribution in [0.5, 0.6) is 0 Å². The van der Waals surface area contributed by atoms with Crippen LogP contribution in [0.4, 0.5) is 4.39 Å². The third kappa shape index (κ3) is 5.30. The monoisotopic (exact) mass is 286 g/mol. The zero-order chi connectivity index (χ0) is 14.3. The van der Waals surface area contributed by atoms with Gasteiger partial charge in [-0.05, 0) is 30.4 Å². The van der Waals surface area contributed by atoms with E-state index in [9.17, 15) is 4.39 Å². The van der Waals surface area contributed by atoms with Crippen LogP contribution in [0.25, 0.3) is 5.70 Å². The smallest absolute Gasteiger partial charge is 0.132 e. The first kappa shape index (κ1) is 15.5. The summed E-state index contributed by atoms with van der Waals surface area (Å²) in [5.41, 5.74) is 12.2. The van der Waals surface area contributed by atoms with Gasteiger partial charge in [-0.1, -0.05) is 11.6 Å². The lowest BCUT2D eigenvalue weighted by Gasteiger charge is -2.04. The van der Waals surface area contributed by atoms with Crippen LogP contribution in [0.3, 0.4) is 0 Å². The standard InChI is InChI=1S/C13H16ClFN2O2/c14-9-1-3-12(15)11(7-9)13(17)4-2-10(16)8-19-6-5-18/h1-4,7,18H,5-6,8,16-17H2/b10-2-,13-4-. The van der Waals surface area contributed by atoms with Crippen LogP contribution < -0.4 is 11.5 Å². The summed E-state index contributed by atoms with van der Waals surface area (Å²) >= 11 is 5.77. The van der Waals surface area contributed by atoms with Crippen LogP contribution in [-0.2, 0) is 4.74 Å². The molecule has 5 N–H and O–H groups in total. The number of allylic oxidation sites excluding steroid dienone is 2. The summed E-state index contributed by atoms with van der Waals surface area (Å²) in [5.74, 6) is -0.457. The van der Waals surface area contributed by atoms with Crippen LogP contribution in [0.15, 0.2) is 36.0 Å². The van der Waals surface area contributed by atoms with Gasteiger partial charge in [0.15, 0.2) is 0 Å². The first-order valence-electron chi connectivity index (χ1n) is 5.60. The fraction of sp³-hybridized carbons (Fsp3) is 0.231. The van der Waals surface area contributed by atoms with E-state index < -0.39 is 5.82 Å². The molecule has 0 radical (unpaired) electrons. The number of rotatable bonds is 6. The molecule has 1 rings (SSSR count). The highest BCUT2D eigenvalue weighted by Gasteiger charge is 2.04. The number of hydrogen-bond acceptors (Lipinski definition) is 4. The lowest BCUT2D eigenvalue weighted by molar-refractivity contribution is 0.107. The Hall–Kier alpha value is -1.56. The van der Waals surface area contributed by atoms with Crippen molar-refractivity contribution in [2.75, 3.05) is 19.8 Å². The molecule has 0 aliphatic carbocycles.